The molecule has 1 aliphatic rings. The summed E-state index contributed by atoms with van der Waals surface area (Å²) in [6.07, 6.45) is 0. The Morgan fingerprint density at radius 1 is 0.973 bits per heavy atom. The number of ether oxygens (including phenoxy) is 2. The molecule has 0 saturated carbocycles. The summed E-state index contributed by atoms with van der Waals surface area (Å²) in [5.41, 5.74) is 1.53. The number of carbonyl (C=O) groups excluding carboxylic acids is 4. The van der Waals surface area contributed by atoms with E-state index in [9.17, 15) is 19.2 Å². The number of esters is 2. The van der Waals surface area contributed by atoms with Crippen molar-refractivity contribution in [2.45, 2.75) is 25.8 Å². The van der Waals surface area contributed by atoms with E-state index in [0.717, 1.165) is 4.88 Å². The number of nitrogens with zero attached hydrogens (tertiary/aromatic N) is 1. The Hall–Kier alpha value is -3.98. The smallest absolute Gasteiger partial charge is 0.337 e. The van der Waals surface area contributed by atoms with Crippen molar-refractivity contribution in [3.05, 3.63) is 87.1 Å². The number of carbonyl (C=O) groups is 4. The first-order chi connectivity index (χ1) is 17.7. The van der Waals surface area contributed by atoms with Gasteiger partial charge in [-0.05, 0) is 47.2 Å². The minimum atomic E-state index is -0.727. The van der Waals surface area contributed by atoms with Crippen LogP contribution in [0.25, 0.3) is 0 Å². The van der Waals surface area contributed by atoms with Gasteiger partial charge in [0, 0.05) is 22.7 Å². The van der Waals surface area contributed by atoms with Crippen LogP contribution in [-0.2, 0) is 14.3 Å². The monoisotopic (exact) mass is 520 g/mol. The number of nitrogens with one attached hydrogen (secondary N) is 1. The first-order valence-electron chi connectivity index (χ1n) is 11.8. The molecule has 8 nitrogen and oxygen atoms in total. The molecule has 37 heavy (non-hydrogen) atoms. The fraction of sp³-hybridized carbons (Fsp3) is 0.286. The van der Waals surface area contributed by atoms with Gasteiger partial charge in [0.05, 0.1) is 37.3 Å². The summed E-state index contributed by atoms with van der Waals surface area (Å²) in [5.74, 6) is -2.35. The molecule has 3 aromatic rings. The molecule has 2 heterocycles. The van der Waals surface area contributed by atoms with Crippen LogP contribution in [0.1, 0.15) is 67.3 Å². The average molecular weight is 521 g/mol. The lowest BCUT2D eigenvalue weighted by atomic mass is 9.81. The first kappa shape index (κ1) is 26.1. The molecule has 2 atom stereocenters. The number of anilines is 1. The second kappa shape index (κ2) is 11.0. The highest BCUT2D eigenvalue weighted by molar-refractivity contribution is 7.10. The highest BCUT2D eigenvalue weighted by Crippen LogP contribution is 2.45. The number of benzene rings is 2. The number of thiophene rings is 1. The lowest BCUT2D eigenvalue weighted by Gasteiger charge is -2.42. The molecule has 2 amide bonds. The lowest BCUT2D eigenvalue weighted by molar-refractivity contribution is -0.119. The zero-order valence-electron chi connectivity index (χ0n) is 21.0. The van der Waals surface area contributed by atoms with Crippen molar-refractivity contribution in [2.75, 3.05) is 26.1 Å². The van der Waals surface area contributed by atoms with E-state index < -0.39 is 23.9 Å². The third-order valence-electron chi connectivity index (χ3n) is 6.16. The Morgan fingerprint density at radius 3 is 2.19 bits per heavy atom. The van der Waals surface area contributed by atoms with Gasteiger partial charge in [-0.15, -0.1) is 11.3 Å². The third kappa shape index (κ3) is 5.27. The number of amides is 2. The molecule has 0 fully saturated rings. The summed E-state index contributed by atoms with van der Waals surface area (Å²) in [7, 11) is 2.46. The molecular weight excluding hydrogens is 492 g/mol. The average Bonchev–Trinajstić information content (AvgIpc) is 3.43. The van der Waals surface area contributed by atoms with Gasteiger partial charge in [0.1, 0.15) is 0 Å². The zero-order valence-corrected chi connectivity index (χ0v) is 21.8. The van der Waals surface area contributed by atoms with Gasteiger partial charge in [-0.25, -0.2) is 9.59 Å². The molecule has 2 aromatic carbocycles. The van der Waals surface area contributed by atoms with Crippen molar-refractivity contribution < 1.29 is 28.7 Å². The molecule has 9 heteroatoms. The molecule has 0 unspecified atom stereocenters. The van der Waals surface area contributed by atoms with E-state index in [2.05, 4.69) is 5.32 Å². The van der Waals surface area contributed by atoms with E-state index in [4.69, 9.17) is 9.47 Å². The van der Waals surface area contributed by atoms with E-state index in [1.807, 2.05) is 37.4 Å². The molecule has 0 aliphatic carbocycles. The van der Waals surface area contributed by atoms with Gasteiger partial charge in [-0.1, -0.05) is 38.1 Å². The fourth-order valence-electron chi connectivity index (χ4n) is 4.64. The van der Waals surface area contributed by atoms with Crippen LogP contribution in [0.3, 0.4) is 0 Å². The topological polar surface area (TPSA) is 102 Å². The Labute approximate surface area is 219 Å². The van der Waals surface area contributed by atoms with Crippen molar-refractivity contribution in [1.82, 2.24) is 4.90 Å². The molecule has 0 bridgehead atoms. The van der Waals surface area contributed by atoms with Gasteiger partial charge in [0.25, 0.3) is 5.91 Å². The Morgan fingerprint density at radius 2 is 1.62 bits per heavy atom. The van der Waals surface area contributed by atoms with E-state index in [1.54, 1.807) is 23.1 Å². The number of hydrogen-bond acceptors (Lipinski definition) is 7. The maximum Gasteiger partial charge on any atom is 0.337 e. The number of methoxy groups -OCH3 is 2. The van der Waals surface area contributed by atoms with Crippen LogP contribution in [-0.4, -0.2) is 49.4 Å². The van der Waals surface area contributed by atoms with Crippen molar-refractivity contribution >= 4 is 40.8 Å². The summed E-state index contributed by atoms with van der Waals surface area (Å²) in [4.78, 5) is 54.7. The molecule has 1 aromatic heterocycles. The van der Waals surface area contributed by atoms with Crippen LogP contribution in [0.4, 0.5) is 5.69 Å². The Balaban J connectivity index is 1.81. The fourth-order valence-corrected chi connectivity index (χ4v) is 5.51. The van der Waals surface area contributed by atoms with Gasteiger partial charge in [-0.3, -0.25) is 9.59 Å². The first-order valence-corrected chi connectivity index (χ1v) is 12.7. The molecule has 1 aliphatic heterocycles. The van der Waals surface area contributed by atoms with Gasteiger partial charge >= 0.3 is 11.9 Å². The molecule has 0 radical (unpaired) electrons. The van der Waals surface area contributed by atoms with Crippen molar-refractivity contribution in [2.24, 2.45) is 5.92 Å². The normalized spacial score (nSPS) is 16.8. The van der Waals surface area contributed by atoms with Gasteiger partial charge in [0.15, 0.2) is 0 Å². The lowest BCUT2D eigenvalue weighted by Crippen LogP contribution is -2.47. The minimum Gasteiger partial charge on any atom is -0.465 e. The van der Waals surface area contributed by atoms with Crippen LogP contribution in [0.5, 0.6) is 0 Å². The van der Waals surface area contributed by atoms with E-state index >= 15 is 0 Å². The number of fused-ring (bicyclic) bond motifs is 1. The van der Waals surface area contributed by atoms with Crippen molar-refractivity contribution in [1.29, 1.82) is 0 Å². The predicted molar refractivity (Wildman–Crippen MR) is 140 cm³/mol. The van der Waals surface area contributed by atoms with Gasteiger partial charge in [-0.2, -0.15) is 0 Å². The second-order valence-electron chi connectivity index (χ2n) is 9.15. The third-order valence-corrected chi connectivity index (χ3v) is 7.10. The molecule has 192 valence electrons. The number of hydrogen-bond donors (Lipinski definition) is 1. The Kier molecular flexibility index (Phi) is 7.73. The van der Waals surface area contributed by atoms with E-state index in [0.29, 0.717) is 17.7 Å². The molecule has 0 spiro atoms. The van der Waals surface area contributed by atoms with Crippen LogP contribution in [0.2, 0.25) is 0 Å². The largest absolute Gasteiger partial charge is 0.465 e. The van der Waals surface area contributed by atoms with Crippen LogP contribution < -0.4 is 5.32 Å². The maximum absolute atomic E-state index is 14.0. The summed E-state index contributed by atoms with van der Waals surface area (Å²) in [5, 5.41) is 4.81. The quantitative estimate of drug-likeness (QED) is 0.445. The molecule has 0 saturated heterocycles. The standard InChI is InChI=1S/C28H28N2O6S/c1-16(2)15-30-24(22-10-7-11-37-22)23(20-8-5-6-9-21(20)26(30)32)25(31)29-19-13-17(27(33)35-3)12-18(14-19)28(34)36-4/h5-14,16,23-24H,15H2,1-4H3,(H,29,31)/t23-,24-/m1/s1. The van der Waals surface area contributed by atoms with Gasteiger partial charge in [0.2, 0.25) is 5.91 Å². The highest BCUT2D eigenvalue weighted by atomic mass is 32.1. The number of rotatable bonds is 7. The van der Waals surface area contributed by atoms with Crippen LogP contribution in [0, 0.1) is 5.92 Å². The van der Waals surface area contributed by atoms with Crippen molar-refractivity contribution in [3.8, 4) is 0 Å². The second-order valence-corrected chi connectivity index (χ2v) is 10.1. The summed E-state index contributed by atoms with van der Waals surface area (Å²) in [6, 6.07) is 14.7. The predicted octanol–water partition coefficient (Wildman–Crippen LogP) is 4.90. The molecular formula is C28H28N2O6S. The maximum atomic E-state index is 14.0. The van der Waals surface area contributed by atoms with Gasteiger partial charge < -0.3 is 19.7 Å². The summed E-state index contributed by atoms with van der Waals surface area (Å²) in [6.45, 7) is 4.53. The van der Waals surface area contributed by atoms with Crippen LogP contribution in [0.15, 0.2) is 60.0 Å². The van der Waals surface area contributed by atoms with Crippen LogP contribution >= 0.6 is 11.3 Å². The SMILES string of the molecule is COC(=O)c1cc(NC(=O)[C@@H]2c3ccccc3C(=O)N(CC(C)C)[C@@H]2c2cccs2)cc(C(=O)OC)c1. The summed E-state index contributed by atoms with van der Waals surface area (Å²) < 4.78 is 9.62. The van der Waals surface area contributed by atoms with Crippen molar-refractivity contribution in [3.63, 3.8) is 0 Å². The molecule has 4 rings (SSSR count). The van der Waals surface area contributed by atoms with E-state index in [1.165, 1.54) is 43.8 Å². The molecule has 1 N–H and O–H groups in total. The minimum absolute atomic E-state index is 0.0937. The summed E-state index contributed by atoms with van der Waals surface area (Å²) >= 11 is 1.49. The zero-order chi connectivity index (χ0) is 26.7. The van der Waals surface area contributed by atoms with E-state index in [-0.39, 0.29) is 34.5 Å². The Bertz CT molecular complexity index is 1300. The highest BCUT2D eigenvalue weighted by Gasteiger charge is 2.44.